The first kappa shape index (κ1) is 38.3. The van der Waals surface area contributed by atoms with Gasteiger partial charge in [-0.15, -0.1) is 10.9 Å². The SMILES string of the molecule is C[P+](c1ccccc1)(c1ccccc1)c1ccccc1.O=P1(c2ccccc2)C(c2ccccc2)O[B-](c2ccccc2)(c2ccccc2)OC1c1ccccc1. The van der Waals surface area contributed by atoms with Gasteiger partial charge in [-0.1, -0.05) is 206 Å². The molecule has 1 aliphatic rings. The van der Waals surface area contributed by atoms with Gasteiger partial charge in [0.1, 0.15) is 34.9 Å². The highest BCUT2D eigenvalue weighted by atomic mass is 31.2. The van der Waals surface area contributed by atoms with Gasteiger partial charge in [0.05, 0.1) is 6.66 Å². The van der Waals surface area contributed by atoms with Crippen molar-refractivity contribution in [3.8, 4) is 0 Å². The van der Waals surface area contributed by atoms with Crippen LogP contribution in [-0.2, 0) is 13.9 Å². The molecule has 57 heavy (non-hydrogen) atoms. The van der Waals surface area contributed by atoms with Crippen molar-refractivity contribution in [3.05, 3.63) is 254 Å². The Hall–Kier alpha value is -5.60. The fraction of sp³-hybridized carbons (Fsp3) is 0.0588. The molecule has 3 nitrogen and oxygen atoms in total. The van der Waals surface area contributed by atoms with Crippen LogP contribution in [0.1, 0.15) is 22.8 Å². The maximum absolute atomic E-state index is 15.6. The molecule has 0 N–H and O–H groups in total. The van der Waals surface area contributed by atoms with Crippen LogP contribution in [-0.4, -0.2) is 13.2 Å². The van der Waals surface area contributed by atoms with Crippen LogP contribution in [0.25, 0.3) is 0 Å². The van der Waals surface area contributed by atoms with Crippen LogP contribution in [0.2, 0.25) is 0 Å². The minimum Gasteiger partial charge on any atom is -0.549 e. The van der Waals surface area contributed by atoms with Crippen LogP contribution >= 0.6 is 14.4 Å². The van der Waals surface area contributed by atoms with E-state index in [0.29, 0.717) is 0 Å². The van der Waals surface area contributed by atoms with Gasteiger partial charge in [0.25, 0.3) is 6.55 Å². The van der Waals surface area contributed by atoms with Crippen LogP contribution in [0.3, 0.4) is 0 Å². The zero-order valence-electron chi connectivity index (χ0n) is 31.9. The molecule has 0 spiro atoms. The fourth-order valence-corrected chi connectivity index (χ4v) is 14.6. The van der Waals surface area contributed by atoms with Crippen molar-refractivity contribution in [2.75, 3.05) is 6.66 Å². The second kappa shape index (κ2) is 17.3. The summed E-state index contributed by atoms with van der Waals surface area (Å²) in [5.74, 6) is -1.43. The zero-order valence-corrected chi connectivity index (χ0v) is 33.7. The summed E-state index contributed by atoms with van der Waals surface area (Å²) in [6.45, 7) is 0.216. The Balaban J connectivity index is 0.000000192. The summed E-state index contributed by atoms with van der Waals surface area (Å²) < 4.78 is 29.9. The van der Waals surface area contributed by atoms with Gasteiger partial charge in [-0.25, -0.2) is 0 Å². The van der Waals surface area contributed by atoms with E-state index < -0.39 is 32.6 Å². The number of rotatable bonds is 8. The van der Waals surface area contributed by atoms with Crippen LogP contribution in [0.5, 0.6) is 0 Å². The Labute approximate surface area is 337 Å². The molecule has 1 aliphatic heterocycles. The maximum Gasteiger partial charge on any atom is 0.300 e. The van der Waals surface area contributed by atoms with Crippen LogP contribution in [0, 0.1) is 0 Å². The second-order valence-corrected chi connectivity index (χ2v) is 20.8. The first-order chi connectivity index (χ1) is 28.0. The summed E-state index contributed by atoms with van der Waals surface area (Å²) in [7, 11) is -4.91. The Morgan fingerprint density at radius 3 is 0.965 bits per heavy atom. The van der Waals surface area contributed by atoms with Gasteiger partial charge in [-0.3, -0.25) is 0 Å². The molecule has 8 aromatic carbocycles. The van der Waals surface area contributed by atoms with E-state index in [1.165, 1.54) is 15.9 Å². The second-order valence-electron chi connectivity index (χ2n) is 14.4. The van der Waals surface area contributed by atoms with Gasteiger partial charge in [0, 0.05) is 5.30 Å². The summed E-state index contributed by atoms with van der Waals surface area (Å²) >= 11 is 0. The first-order valence-corrected chi connectivity index (χ1v) is 23.5. The van der Waals surface area contributed by atoms with E-state index in [-0.39, 0.29) is 0 Å². The monoisotopic (exact) mass is 778 g/mol. The molecule has 2 atom stereocenters. The van der Waals surface area contributed by atoms with Gasteiger partial charge in [0.2, 0.25) is 0 Å². The molecule has 9 rings (SSSR count). The van der Waals surface area contributed by atoms with Crippen molar-refractivity contribution < 1.29 is 13.9 Å². The van der Waals surface area contributed by atoms with Gasteiger partial charge < -0.3 is 13.9 Å². The van der Waals surface area contributed by atoms with Crippen molar-refractivity contribution in [1.29, 1.82) is 0 Å². The first-order valence-electron chi connectivity index (χ1n) is 19.4. The maximum atomic E-state index is 15.6. The molecule has 0 radical (unpaired) electrons. The Kier molecular flexibility index (Phi) is 11.6. The van der Waals surface area contributed by atoms with E-state index in [1.54, 1.807) is 0 Å². The molecule has 0 aliphatic carbocycles. The molecule has 2 unspecified atom stereocenters. The molecule has 1 heterocycles. The van der Waals surface area contributed by atoms with Crippen molar-refractivity contribution in [2.45, 2.75) is 11.7 Å². The average molecular weight is 779 g/mol. The van der Waals surface area contributed by atoms with Gasteiger partial charge in [0.15, 0.2) is 7.14 Å². The zero-order chi connectivity index (χ0) is 39.0. The Morgan fingerprint density at radius 1 is 0.386 bits per heavy atom. The van der Waals surface area contributed by atoms with Crippen molar-refractivity contribution >= 4 is 53.1 Å². The lowest BCUT2D eigenvalue weighted by molar-refractivity contribution is 0.123. The number of hydrogen-bond acceptors (Lipinski definition) is 3. The lowest BCUT2D eigenvalue weighted by Gasteiger charge is -2.56. The van der Waals surface area contributed by atoms with Gasteiger partial charge >= 0.3 is 0 Å². The van der Waals surface area contributed by atoms with Gasteiger partial charge in [-0.05, 0) is 47.5 Å². The Morgan fingerprint density at radius 2 is 0.649 bits per heavy atom. The molecule has 6 heteroatoms. The highest BCUT2D eigenvalue weighted by Gasteiger charge is 2.53. The molecule has 280 valence electrons. The lowest BCUT2D eigenvalue weighted by Crippen LogP contribution is -2.66. The van der Waals surface area contributed by atoms with E-state index in [1.807, 2.05) is 152 Å². The van der Waals surface area contributed by atoms with E-state index in [0.717, 1.165) is 27.4 Å². The molecule has 0 aromatic heterocycles. The van der Waals surface area contributed by atoms with Crippen LogP contribution in [0.4, 0.5) is 0 Å². The molecule has 0 saturated carbocycles. The van der Waals surface area contributed by atoms with E-state index in [9.17, 15) is 0 Å². The largest absolute Gasteiger partial charge is 0.549 e. The third kappa shape index (κ3) is 7.63. The predicted molar refractivity (Wildman–Crippen MR) is 243 cm³/mol. The van der Waals surface area contributed by atoms with Crippen molar-refractivity contribution in [3.63, 3.8) is 0 Å². The minimum atomic E-state index is -3.38. The lowest BCUT2D eigenvalue weighted by atomic mass is 9.46. The third-order valence-corrected chi connectivity index (χ3v) is 18.3. The molecule has 1 fully saturated rings. The topological polar surface area (TPSA) is 35.5 Å². The van der Waals surface area contributed by atoms with Crippen LogP contribution in [0.15, 0.2) is 243 Å². The minimum absolute atomic E-state index is 0.713. The van der Waals surface area contributed by atoms with Crippen molar-refractivity contribution in [2.24, 2.45) is 0 Å². The molecule has 8 aromatic rings. The Bertz CT molecular complexity index is 2300. The summed E-state index contributed by atoms with van der Waals surface area (Å²) in [4.78, 5) is 0. The number of benzene rings is 8. The van der Waals surface area contributed by atoms with E-state index in [2.05, 4.69) is 97.7 Å². The fourth-order valence-electron chi connectivity index (χ4n) is 8.01. The highest BCUT2D eigenvalue weighted by Crippen LogP contribution is 2.72. The summed E-state index contributed by atoms with van der Waals surface area (Å²) in [6.07, 6.45) is 0. The summed E-state index contributed by atoms with van der Waals surface area (Å²) in [5.41, 5.74) is 3.57. The average Bonchev–Trinajstić information content (AvgIpc) is 3.31. The molecular weight excluding hydrogens is 733 g/mol. The third-order valence-electron chi connectivity index (χ3n) is 11.0. The quantitative estimate of drug-likeness (QED) is 0.114. The highest BCUT2D eigenvalue weighted by molar-refractivity contribution is 7.95. The summed E-state index contributed by atoms with van der Waals surface area (Å²) in [5, 5.41) is 5.02. The van der Waals surface area contributed by atoms with E-state index >= 15 is 4.57 Å². The standard InChI is InChI=1S/C32H27BO3P.C19H18P/c34-37(30-24-14-5-15-25-30)31(26-16-6-1-7-17-26)35-33(28-20-10-3-11-21-28,29-22-12-4-13-23-29)36-32(37)27-18-8-2-9-19-27;1-20(17-11-5-2-6-12-17,18-13-7-3-8-14-18)19-15-9-4-10-16-19/h1-25,31-32H;2-16H,1H3/q-1;+1. The smallest absolute Gasteiger partial charge is 0.300 e. The van der Waals surface area contributed by atoms with E-state index in [4.69, 9.17) is 9.31 Å². The molecule has 0 amide bonds. The van der Waals surface area contributed by atoms with Crippen molar-refractivity contribution in [1.82, 2.24) is 0 Å². The molecular formula is C51H45BO3P2. The molecule has 0 bridgehead atoms. The number of hydrogen-bond donors (Lipinski definition) is 0. The predicted octanol–water partition coefficient (Wildman–Crippen LogP) is 9.99. The van der Waals surface area contributed by atoms with Gasteiger partial charge in [-0.2, -0.15) is 0 Å². The summed E-state index contributed by atoms with van der Waals surface area (Å²) in [6, 6.07) is 82.3. The normalized spacial score (nSPS) is 18.8. The molecule has 1 saturated heterocycles. The van der Waals surface area contributed by atoms with Crippen LogP contribution < -0.4 is 32.1 Å².